The second kappa shape index (κ2) is 8.34. The lowest BCUT2D eigenvalue weighted by molar-refractivity contribution is 0.482. The fourth-order valence-corrected chi connectivity index (χ4v) is 5.51. The van der Waals surface area contributed by atoms with E-state index in [1.54, 1.807) is 0 Å². The number of benzene rings is 5. The fourth-order valence-electron chi connectivity index (χ4n) is 5.51. The van der Waals surface area contributed by atoms with Crippen molar-refractivity contribution in [2.24, 2.45) is 0 Å². The molecule has 35 heavy (non-hydrogen) atoms. The van der Waals surface area contributed by atoms with Crippen LogP contribution in [0.1, 0.15) is 22.3 Å². The lowest BCUT2D eigenvalue weighted by atomic mass is 9.67. The van der Waals surface area contributed by atoms with Crippen LogP contribution >= 0.6 is 0 Å². The Morgan fingerprint density at radius 3 is 1.60 bits per heavy atom. The Labute approximate surface area is 205 Å². The quantitative estimate of drug-likeness (QED) is 0.237. The molecule has 0 spiro atoms. The third kappa shape index (κ3) is 3.18. The minimum absolute atomic E-state index is 0.491. The van der Waals surface area contributed by atoms with Crippen molar-refractivity contribution in [1.29, 1.82) is 0 Å². The lowest BCUT2D eigenvalue weighted by Crippen LogP contribution is -2.28. The summed E-state index contributed by atoms with van der Waals surface area (Å²) in [6.45, 7) is 7.38. The van der Waals surface area contributed by atoms with Crippen LogP contribution in [0.15, 0.2) is 135 Å². The number of hydrogen-bond donors (Lipinski definition) is 0. The second-order valence-electron chi connectivity index (χ2n) is 8.66. The normalized spacial score (nSPS) is 13.0. The van der Waals surface area contributed by atoms with Gasteiger partial charge in [-0.3, -0.25) is 0 Å². The minimum Gasteiger partial charge on any atom is -0.466 e. The van der Waals surface area contributed by atoms with Crippen LogP contribution in [0.4, 0.5) is 0 Å². The van der Waals surface area contributed by atoms with E-state index in [9.17, 15) is 0 Å². The van der Waals surface area contributed by atoms with Crippen molar-refractivity contribution >= 4 is 10.8 Å². The average molecular weight is 453 g/mol. The van der Waals surface area contributed by atoms with Gasteiger partial charge in [0.1, 0.15) is 11.5 Å². The maximum Gasteiger partial charge on any atom is 0.126 e. The molecule has 0 saturated carbocycles. The summed E-state index contributed by atoms with van der Waals surface area (Å²) < 4.78 is 11.1. The van der Waals surface area contributed by atoms with E-state index in [-0.39, 0.29) is 0 Å². The number of hydrogen-bond acceptors (Lipinski definition) is 2. The first-order valence-corrected chi connectivity index (χ1v) is 11.6. The van der Waals surface area contributed by atoms with Crippen LogP contribution in [-0.4, -0.2) is 0 Å². The molecule has 0 unspecified atom stereocenters. The minimum atomic E-state index is -0.491. The first-order valence-electron chi connectivity index (χ1n) is 11.6. The smallest absolute Gasteiger partial charge is 0.126 e. The Morgan fingerprint density at radius 1 is 0.514 bits per heavy atom. The van der Waals surface area contributed by atoms with Gasteiger partial charge in [0.05, 0.1) is 17.9 Å². The summed E-state index contributed by atoms with van der Waals surface area (Å²) in [5, 5.41) is 2.46. The molecule has 5 aromatic carbocycles. The summed E-state index contributed by atoms with van der Waals surface area (Å²) in [5.41, 5.74) is 6.91. The largest absolute Gasteiger partial charge is 0.466 e. The highest BCUT2D eigenvalue weighted by molar-refractivity contribution is 5.95. The third-order valence-corrected chi connectivity index (χ3v) is 6.92. The highest BCUT2D eigenvalue weighted by Gasteiger charge is 2.46. The van der Waals surface area contributed by atoms with Crippen LogP contribution in [0.2, 0.25) is 0 Å². The summed E-state index contributed by atoms with van der Waals surface area (Å²) in [5.74, 6) is 1.53. The van der Waals surface area contributed by atoms with Gasteiger partial charge < -0.3 is 9.47 Å². The van der Waals surface area contributed by atoms with Crippen LogP contribution in [-0.2, 0) is 5.41 Å². The maximum absolute atomic E-state index is 5.54. The molecule has 6 rings (SSSR count). The zero-order valence-corrected chi connectivity index (χ0v) is 19.3. The van der Waals surface area contributed by atoms with Gasteiger partial charge in [-0.15, -0.1) is 0 Å². The molecule has 0 saturated heterocycles. The van der Waals surface area contributed by atoms with E-state index in [1.807, 2.05) is 24.3 Å². The van der Waals surface area contributed by atoms with E-state index in [4.69, 9.17) is 9.47 Å². The molecule has 0 fully saturated rings. The first-order chi connectivity index (χ1) is 17.3. The Morgan fingerprint density at radius 2 is 1.03 bits per heavy atom. The molecule has 168 valence electrons. The maximum atomic E-state index is 5.54. The van der Waals surface area contributed by atoms with E-state index in [2.05, 4.69) is 98.1 Å². The molecule has 0 heterocycles. The highest BCUT2D eigenvalue weighted by Crippen LogP contribution is 2.57. The molecule has 0 amide bonds. The van der Waals surface area contributed by atoms with Crippen LogP contribution in [0.3, 0.4) is 0 Å². The van der Waals surface area contributed by atoms with Crippen LogP contribution in [0, 0.1) is 0 Å². The van der Waals surface area contributed by atoms with Crippen molar-refractivity contribution in [3.63, 3.8) is 0 Å². The van der Waals surface area contributed by atoms with Crippen molar-refractivity contribution in [2.75, 3.05) is 0 Å². The first kappa shape index (κ1) is 21.0. The van der Waals surface area contributed by atoms with E-state index < -0.39 is 5.41 Å². The standard InChI is InChI=1S/C33H24O2/c1-3-34-27-17-13-25(14-18-27)33(26-15-19-28(20-16-26)35-4-2)31-12-8-7-11-29(31)30-21-23-9-5-6-10-24(23)22-32(30)33/h3-22H,1-2H2. The van der Waals surface area contributed by atoms with Gasteiger partial charge in [-0.05, 0) is 80.6 Å². The average Bonchev–Trinajstić information content (AvgIpc) is 3.19. The summed E-state index contributed by atoms with van der Waals surface area (Å²) in [7, 11) is 0. The predicted octanol–water partition coefficient (Wildman–Crippen LogP) is 8.25. The molecule has 0 aromatic heterocycles. The highest BCUT2D eigenvalue weighted by atomic mass is 16.5. The number of rotatable bonds is 6. The van der Waals surface area contributed by atoms with E-state index in [0.29, 0.717) is 0 Å². The molecule has 0 aliphatic heterocycles. The van der Waals surface area contributed by atoms with Gasteiger partial charge in [0.15, 0.2) is 0 Å². The molecule has 1 aliphatic rings. The predicted molar refractivity (Wildman–Crippen MR) is 143 cm³/mol. The van der Waals surface area contributed by atoms with E-state index in [1.165, 1.54) is 56.7 Å². The number of fused-ring (bicyclic) bond motifs is 4. The summed E-state index contributed by atoms with van der Waals surface area (Å²) in [6.07, 6.45) is 2.91. The molecule has 0 bridgehead atoms. The molecule has 5 aromatic rings. The zero-order chi connectivity index (χ0) is 23.8. The van der Waals surface area contributed by atoms with Gasteiger partial charge in [0.2, 0.25) is 0 Å². The molecular weight excluding hydrogens is 428 g/mol. The Kier molecular flexibility index (Phi) is 5.00. The molecule has 2 nitrogen and oxygen atoms in total. The van der Waals surface area contributed by atoms with Gasteiger partial charge in [-0.2, -0.15) is 0 Å². The number of ether oxygens (including phenoxy) is 2. The third-order valence-electron chi connectivity index (χ3n) is 6.92. The molecular formula is C33H24O2. The molecule has 0 atom stereocenters. The summed E-state index contributed by atoms with van der Waals surface area (Å²) >= 11 is 0. The lowest BCUT2D eigenvalue weighted by Gasteiger charge is -2.34. The second-order valence-corrected chi connectivity index (χ2v) is 8.66. The van der Waals surface area contributed by atoms with Crippen molar-refractivity contribution in [1.82, 2.24) is 0 Å². The van der Waals surface area contributed by atoms with Crippen LogP contribution in [0.5, 0.6) is 11.5 Å². The summed E-state index contributed by atoms with van der Waals surface area (Å²) in [6, 6.07) is 38.7. The van der Waals surface area contributed by atoms with Gasteiger partial charge in [0, 0.05) is 0 Å². The topological polar surface area (TPSA) is 18.5 Å². The molecule has 2 heteroatoms. The zero-order valence-electron chi connectivity index (χ0n) is 19.3. The Balaban J connectivity index is 1.71. The van der Waals surface area contributed by atoms with Crippen molar-refractivity contribution in [3.05, 3.63) is 157 Å². The monoisotopic (exact) mass is 452 g/mol. The van der Waals surface area contributed by atoms with E-state index >= 15 is 0 Å². The van der Waals surface area contributed by atoms with Gasteiger partial charge >= 0.3 is 0 Å². The van der Waals surface area contributed by atoms with Gasteiger partial charge in [-0.1, -0.05) is 86.0 Å². The summed E-state index contributed by atoms with van der Waals surface area (Å²) in [4.78, 5) is 0. The molecule has 1 aliphatic carbocycles. The van der Waals surface area contributed by atoms with Gasteiger partial charge in [-0.25, -0.2) is 0 Å². The van der Waals surface area contributed by atoms with Crippen LogP contribution in [0.25, 0.3) is 21.9 Å². The van der Waals surface area contributed by atoms with Gasteiger partial charge in [0.25, 0.3) is 0 Å². The molecule has 0 N–H and O–H groups in total. The molecule has 0 radical (unpaired) electrons. The Bertz CT molecular complexity index is 1510. The van der Waals surface area contributed by atoms with Crippen molar-refractivity contribution in [2.45, 2.75) is 5.41 Å². The SMILES string of the molecule is C=COc1ccc(C2(c3ccc(OC=C)cc3)c3ccccc3-c3cc4ccccc4cc32)cc1. The fraction of sp³-hybridized carbons (Fsp3) is 0.0303. The van der Waals surface area contributed by atoms with Crippen LogP contribution < -0.4 is 9.47 Å². The van der Waals surface area contributed by atoms with Crippen molar-refractivity contribution < 1.29 is 9.47 Å². The Hall–Kier alpha value is -4.56. The van der Waals surface area contributed by atoms with E-state index in [0.717, 1.165) is 11.5 Å². The van der Waals surface area contributed by atoms with Crippen molar-refractivity contribution in [3.8, 4) is 22.6 Å².